The second kappa shape index (κ2) is 6.49. The summed E-state index contributed by atoms with van der Waals surface area (Å²) in [4.78, 5) is 25.0. The summed E-state index contributed by atoms with van der Waals surface area (Å²) in [6.07, 6.45) is 6.26. The smallest absolute Gasteiger partial charge is 0.280 e. The SMILES string of the molecule is CCc1ccccc1-n1ccsc1=NC(=O)c1ccnc2[nH]ccc12. The molecule has 6 heteroatoms. The minimum absolute atomic E-state index is 0.267. The topological polar surface area (TPSA) is 63.0 Å². The average Bonchev–Trinajstić information content (AvgIpc) is 3.30. The van der Waals surface area contributed by atoms with E-state index in [9.17, 15) is 4.79 Å². The quantitative estimate of drug-likeness (QED) is 0.613. The third-order valence-corrected chi connectivity index (χ3v) is 4.87. The van der Waals surface area contributed by atoms with Crippen LogP contribution in [0.5, 0.6) is 0 Å². The van der Waals surface area contributed by atoms with Gasteiger partial charge in [0.25, 0.3) is 5.91 Å². The van der Waals surface area contributed by atoms with Crippen LogP contribution in [-0.2, 0) is 6.42 Å². The average molecular weight is 348 g/mol. The third-order valence-electron chi connectivity index (χ3n) is 4.11. The van der Waals surface area contributed by atoms with Gasteiger partial charge in [-0.15, -0.1) is 11.3 Å². The summed E-state index contributed by atoms with van der Waals surface area (Å²) in [5, 5.41) is 2.73. The van der Waals surface area contributed by atoms with Gasteiger partial charge in [0.15, 0.2) is 4.80 Å². The molecule has 124 valence electrons. The van der Waals surface area contributed by atoms with Gasteiger partial charge in [-0.1, -0.05) is 25.1 Å². The van der Waals surface area contributed by atoms with Crippen molar-refractivity contribution in [3.63, 3.8) is 0 Å². The molecule has 0 aliphatic rings. The molecule has 0 aliphatic heterocycles. The van der Waals surface area contributed by atoms with E-state index in [1.165, 1.54) is 16.9 Å². The van der Waals surface area contributed by atoms with Crippen LogP contribution in [0.25, 0.3) is 16.7 Å². The number of amides is 1. The zero-order valence-electron chi connectivity index (χ0n) is 13.6. The minimum atomic E-state index is -0.267. The van der Waals surface area contributed by atoms with E-state index in [4.69, 9.17) is 0 Å². The van der Waals surface area contributed by atoms with Crippen molar-refractivity contribution in [3.8, 4) is 5.69 Å². The molecule has 0 saturated heterocycles. The van der Waals surface area contributed by atoms with Gasteiger partial charge < -0.3 is 4.98 Å². The Balaban J connectivity index is 1.82. The fraction of sp³-hybridized carbons (Fsp3) is 0.105. The van der Waals surface area contributed by atoms with Crippen molar-refractivity contribution in [1.29, 1.82) is 0 Å². The van der Waals surface area contributed by atoms with Crippen LogP contribution in [0, 0.1) is 0 Å². The van der Waals surface area contributed by atoms with Crippen LogP contribution in [0.2, 0.25) is 0 Å². The number of aromatic nitrogens is 3. The number of nitrogens with zero attached hydrogens (tertiary/aromatic N) is 3. The monoisotopic (exact) mass is 348 g/mol. The number of hydrogen-bond donors (Lipinski definition) is 1. The van der Waals surface area contributed by atoms with Crippen LogP contribution in [0.4, 0.5) is 0 Å². The highest BCUT2D eigenvalue weighted by molar-refractivity contribution is 7.07. The lowest BCUT2D eigenvalue weighted by Gasteiger charge is -2.08. The van der Waals surface area contributed by atoms with Gasteiger partial charge in [-0.05, 0) is 30.2 Å². The first-order valence-corrected chi connectivity index (χ1v) is 8.91. The van der Waals surface area contributed by atoms with E-state index in [0.29, 0.717) is 16.0 Å². The van der Waals surface area contributed by atoms with Gasteiger partial charge in [-0.3, -0.25) is 9.36 Å². The first kappa shape index (κ1) is 15.5. The summed E-state index contributed by atoms with van der Waals surface area (Å²) in [5.74, 6) is -0.267. The summed E-state index contributed by atoms with van der Waals surface area (Å²) in [6, 6.07) is 11.7. The molecule has 1 N–H and O–H groups in total. The highest BCUT2D eigenvalue weighted by Crippen LogP contribution is 2.17. The highest BCUT2D eigenvalue weighted by atomic mass is 32.1. The number of thiazole rings is 1. The zero-order valence-corrected chi connectivity index (χ0v) is 14.5. The number of fused-ring (bicyclic) bond motifs is 1. The van der Waals surface area contributed by atoms with Crippen molar-refractivity contribution in [3.05, 3.63) is 76.3 Å². The number of carbonyl (C=O) groups excluding carboxylic acids is 1. The van der Waals surface area contributed by atoms with Crippen LogP contribution in [-0.4, -0.2) is 20.4 Å². The zero-order chi connectivity index (χ0) is 17.2. The second-order valence-electron chi connectivity index (χ2n) is 5.55. The molecule has 0 spiro atoms. The maximum atomic E-state index is 12.7. The van der Waals surface area contributed by atoms with Gasteiger partial charge in [-0.25, -0.2) is 4.98 Å². The molecule has 4 aromatic rings. The number of benzene rings is 1. The molecule has 5 nitrogen and oxygen atoms in total. The van der Waals surface area contributed by atoms with Gasteiger partial charge in [0.05, 0.1) is 11.3 Å². The van der Waals surface area contributed by atoms with Crippen LogP contribution < -0.4 is 4.80 Å². The molecule has 4 rings (SSSR count). The number of H-pyrrole nitrogens is 1. The Morgan fingerprint density at radius 2 is 2.16 bits per heavy atom. The van der Waals surface area contributed by atoms with Crippen molar-refractivity contribution in [1.82, 2.24) is 14.5 Å². The number of carbonyl (C=O) groups is 1. The van der Waals surface area contributed by atoms with Crippen molar-refractivity contribution in [2.75, 3.05) is 0 Å². The summed E-state index contributed by atoms with van der Waals surface area (Å²) >= 11 is 1.45. The Morgan fingerprint density at radius 3 is 3.04 bits per heavy atom. The summed E-state index contributed by atoms with van der Waals surface area (Å²) < 4.78 is 1.97. The Labute approximate surface area is 148 Å². The second-order valence-corrected chi connectivity index (χ2v) is 6.43. The first-order valence-electron chi connectivity index (χ1n) is 8.03. The lowest BCUT2D eigenvalue weighted by molar-refractivity contribution is 0.0999. The molecule has 0 bridgehead atoms. The number of rotatable bonds is 3. The van der Waals surface area contributed by atoms with E-state index in [-0.39, 0.29) is 5.91 Å². The predicted molar refractivity (Wildman–Crippen MR) is 99.0 cm³/mol. The Bertz CT molecular complexity index is 1120. The van der Waals surface area contributed by atoms with E-state index in [0.717, 1.165) is 17.5 Å². The van der Waals surface area contributed by atoms with E-state index in [1.807, 2.05) is 40.4 Å². The first-order chi connectivity index (χ1) is 12.3. The number of nitrogens with one attached hydrogen (secondary N) is 1. The van der Waals surface area contributed by atoms with E-state index >= 15 is 0 Å². The molecule has 3 heterocycles. The van der Waals surface area contributed by atoms with Crippen LogP contribution >= 0.6 is 11.3 Å². The third kappa shape index (κ3) is 2.81. The molecule has 0 unspecified atom stereocenters. The molecule has 0 atom stereocenters. The predicted octanol–water partition coefficient (Wildman–Crippen LogP) is 3.72. The Kier molecular flexibility index (Phi) is 4.03. The van der Waals surface area contributed by atoms with Crippen LogP contribution in [0.15, 0.2) is 65.4 Å². The molecule has 1 amide bonds. The van der Waals surface area contributed by atoms with E-state index in [2.05, 4.69) is 28.0 Å². The number of para-hydroxylation sites is 1. The summed E-state index contributed by atoms with van der Waals surface area (Å²) in [6.45, 7) is 2.12. The van der Waals surface area contributed by atoms with Crippen molar-refractivity contribution < 1.29 is 4.79 Å². The Morgan fingerprint density at radius 1 is 1.28 bits per heavy atom. The van der Waals surface area contributed by atoms with Crippen molar-refractivity contribution in [2.24, 2.45) is 4.99 Å². The fourth-order valence-electron chi connectivity index (χ4n) is 2.88. The van der Waals surface area contributed by atoms with Gasteiger partial charge in [0, 0.05) is 29.4 Å². The summed E-state index contributed by atoms with van der Waals surface area (Å²) in [5.41, 5.74) is 3.51. The molecule has 0 radical (unpaired) electrons. The molecule has 0 aliphatic carbocycles. The van der Waals surface area contributed by atoms with Crippen LogP contribution in [0.1, 0.15) is 22.8 Å². The maximum Gasteiger partial charge on any atom is 0.280 e. The normalized spacial score (nSPS) is 12.0. The van der Waals surface area contributed by atoms with E-state index < -0.39 is 0 Å². The lowest BCUT2D eigenvalue weighted by Crippen LogP contribution is -2.16. The van der Waals surface area contributed by atoms with Crippen molar-refractivity contribution in [2.45, 2.75) is 13.3 Å². The molecule has 0 saturated carbocycles. The molecule has 1 aromatic carbocycles. The fourth-order valence-corrected chi connectivity index (χ4v) is 3.59. The van der Waals surface area contributed by atoms with E-state index in [1.54, 1.807) is 18.5 Å². The summed E-state index contributed by atoms with van der Waals surface area (Å²) in [7, 11) is 0. The van der Waals surface area contributed by atoms with Gasteiger partial charge in [0.1, 0.15) is 5.65 Å². The molecule has 0 fully saturated rings. The van der Waals surface area contributed by atoms with Gasteiger partial charge >= 0.3 is 0 Å². The van der Waals surface area contributed by atoms with Crippen molar-refractivity contribution >= 4 is 28.3 Å². The number of aromatic amines is 1. The molecular formula is C19H16N4OS. The minimum Gasteiger partial charge on any atom is -0.346 e. The highest BCUT2D eigenvalue weighted by Gasteiger charge is 2.11. The number of hydrogen-bond acceptors (Lipinski definition) is 3. The lowest BCUT2D eigenvalue weighted by atomic mass is 10.1. The standard InChI is InChI=1S/C19H16N4OS/c1-2-13-5-3-4-6-16(13)23-11-12-25-19(23)22-18(24)15-8-10-21-17-14(15)7-9-20-17/h3-12H,2H2,1H3,(H,20,21). The van der Waals surface area contributed by atoms with Crippen LogP contribution in [0.3, 0.4) is 0 Å². The maximum absolute atomic E-state index is 12.7. The Hall–Kier alpha value is -2.99. The van der Waals surface area contributed by atoms with Gasteiger partial charge in [-0.2, -0.15) is 4.99 Å². The number of pyridine rings is 1. The molecule has 25 heavy (non-hydrogen) atoms. The van der Waals surface area contributed by atoms with Gasteiger partial charge in [0.2, 0.25) is 0 Å². The number of aryl methyl sites for hydroxylation is 1. The largest absolute Gasteiger partial charge is 0.346 e. The molecular weight excluding hydrogens is 332 g/mol. The molecule has 3 aromatic heterocycles.